The average Bonchev–Trinajstić information content (AvgIpc) is 3.63. The van der Waals surface area contributed by atoms with Crippen molar-refractivity contribution in [3.05, 3.63) is 132 Å². The third kappa shape index (κ3) is 6.04. The van der Waals surface area contributed by atoms with Crippen molar-refractivity contribution < 1.29 is 25.8 Å². The van der Waals surface area contributed by atoms with Crippen molar-refractivity contribution in [2.24, 2.45) is 5.92 Å². The minimum absolute atomic E-state index is 0. The Kier molecular flexibility index (Phi) is 8.97. The van der Waals surface area contributed by atoms with Crippen LogP contribution < -0.4 is 4.74 Å². The topological polar surface area (TPSA) is 44.9 Å². The molecule has 3 aromatic heterocycles. The number of hydrogen-bond acceptors (Lipinski definition) is 3. The number of ether oxygens (including phenoxy) is 1. The second-order valence-corrected chi connectivity index (χ2v) is 12.2. The molecule has 0 spiro atoms. The number of benzene rings is 4. The summed E-state index contributed by atoms with van der Waals surface area (Å²) in [5.74, 6) is 2.67. The summed E-state index contributed by atoms with van der Waals surface area (Å²) in [7, 11) is 0. The summed E-state index contributed by atoms with van der Waals surface area (Å²) in [4.78, 5) is 4.79. The Bertz CT molecular complexity index is 2170. The number of fused-ring (bicyclic) bond motifs is 3. The molecule has 0 bridgehead atoms. The van der Waals surface area contributed by atoms with E-state index in [1.165, 1.54) is 22.3 Å². The monoisotopic (exact) mass is 783 g/mol. The van der Waals surface area contributed by atoms with E-state index < -0.39 is 0 Å². The third-order valence-electron chi connectivity index (χ3n) is 8.29. The van der Waals surface area contributed by atoms with E-state index in [9.17, 15) is 0 Å². The van der Waals surface area contributed by atoms with Crippen molar-refractivity contribution in [3.63, 3.8) is 0 Å². The molecule has 0 N–H and O–H groups in total. The fourth-order valence-corrected chi connectivity index (χ4v) is 6.33. The summed E-state index contributed by atoms with van der Waals surface area (Å²) in [6, 6.07) is 34.4. The van der Waals surface area contributed by atoms with E-state index in [0.717, 1.165) is 57.3 Å². The molecule has 0 radical (unpaired) electrons. The van der Waals surface area contributed by atoms with Crippen LogP contribution in [0.3, 0.4) is 0 Å². The molecule has 232 valence electrons. The quantitative estimate of drug-likeness (QED) is 0.144. The van der Waals surface area contributed by atoms with E-state index in [-0.39, 0.29) is 21.1 Å². The fraction of sp³-hybridized carbons (Fsp3) is 0.200. The Morgan fingerprint density at radius 1 is 0.870 bits per heavy atom. The second-order valence-electron chi connectivity index (χ2n) is 12.2. The van der Waals surface area contributed by atoms with Crippen molar-refractivity contribution in [2.75, 3.05) is 0 Å². The van der Waals surface area contributed by atoms with Gasteiger partial charge >= 0.3 is 21.1 Å². The number of hydrogen-bond donors (Lipinski definition) is 0. The predicted octanol–water partition coefficient (Wildman–Crippen LogP) is 9.80. The Morgan fingerprint density at radius 2 is 1.72 bits per heavy atom. The largest absolute Gasteiger partial charge is 2.00 e. The van der Waals surface area contributed by atoms with Crippen molar-refractivity contribution in [3.8, 4) is 34.1 Å². The maximum atomic E-state index is 6.45. The van der Waals surface area contributed by atoms with E-state index in [1.54, 1.807) is 0 Å². The molecule has 3 heterocycles. The number of para-hydroxylation sites is 1. The van der Waals surface area contributed by atoms with E-state index in [4.69, 9.17) is 14.8 Å². The Balaban J connectivity index is 0.00000372. The Morgan fingerprint density at radius 3 is 2.54 bits per heavy atom. The van der Waals surface area contributed by atoms with Gasteiger partial charge in [-0.25, -0.2) is 4.98 Å². The first kappa shape index (κ1) is 31.5. The zero-order chi connectivity index (χ0) is 31.1. The van der Waals surface area contributed by atoms with Crippen molar-refractivity contribution >= 4 is 21.8 Å². The van der Waals surface area contributed by atoms with Crippen molar-refractivity contribution in [1.82, 2.24) is 19.3 Å². The average molecular weight is 784 g/mol. The van der Waals surface area contributed by atoms with Crippen molar-refractivity contribution in [2.45, 2.75) is 47.5 Å². The number of rotatable bonds is 8. The maximum Gasteiger partial charge on any atom is 2.00 e. The normalized spacial score (nSPS) is 11.3. The van der Waals surface area contributed by atoms with E-state index in [0.29, 0.717) is 17.4 Å². The molecule has 0 unspecified atom stereocenters. The van der Waals surface area contributed by atoms with Gasteiger partial charge in [-0.1, -0.05) is 69.6 Å². The van der Waals surface area contributed by atoms with Gasteiger partial charge < -0.3 is 9.30 Å². The van der Waals surface area contributed by atoms with Crippen LogP contribution in [0, 0.1) is 31.9 Å². The molecular formula is C40H36N4OPt. The molecule has 0 fully saturated rings. The van der Waals surface area contributed by atoms with E-state index in [2.05, 4.69) is 124 Å². The molecule has 7 rings (SSSR count). The molecule has 0 aliphatic carbocycles. The maximum absolute atomic E-state index is 6.45. The van der Waals surface area contributed by atoms with E-state index >= 15 is 0 Å². The van der Waals surface area contributed by atoms with Crippen LogP contribution in [0.4, 0.5) is 0 Å². The summed E-state index contributed by atoms with van der Waals surface area (Å²) in [5, 5.41) is 6.98. The summed E-state index contributed by atoms with van der Waals surface area (Å²) in [6.07, 6.45) is 7.88. The van der Waals surface area contributed by atoms with Crippen LogP contribution in [0.5, 0.6) is 11.5 Å². The number of aryl methyl sites for hydroxylation is 3. The first-order valence-electron chi connectivity index (χ1n) is 15.6. The van der Waals surface area contributed by atoms with Gasteiger partial charge in [0, 0.05) is 35.0 Å². The summed E-state index contributed by atoms with van der Waals surface area (Å²) >= 11 is 0. The third-order valence-corrected chi connectivity index (χ3v) is 8.29. The van der Waals surface area contributed by atoms with Gasteiger partial charge in [0.2, 0.25) is 0 Å². The van der Waals surface area contributed by atoms with Crippen LogP contribution in [0.2, 0.25) is 0 Å². The fourth-order valence-electron chi connectivity index (χ4n) is 6.33. The molecule has 7 aromatic rings. The zero-order valence-electron chi connectivity index (χ0n) is 26.7. The Hall–Kier alpha value is -4.47. The smallest absolute Gasteiger partial charge is 0.509 e. The molecule has 5 nitrogen and oxygen atoms in total. The molecule has 0 atom stereocenters. The second kappa shape index (κ2) is 13.1. The minimum atomic E-state index is 0. The molecule has 6 heteroatoms. The van der Waals surface area contributed by atoms with Gasteiger partial charge in [-0.3, -0.25) is 4.68 Å². The van der Waals surface area contributed by atoms with Crippen LogP contribution in [0.25, 0.3) is 44.4 Å². The molecule has 0 amide bonds. The Labute approximate surface area is 285 Å². The van der Waals surface area contributed by atoms with Gasteiger partial charge in [0.25, 0.3) is 0 Å². The van der Waals surface area contributed by atoms with Crippen LogP contribution in [0.15, 0.2) is 97.5 Å². The van der Waals surface area contributed by atoms with Crippen LogP contribution in [-0.4, -0.2) is 19.3 Å². The van der Waals surface area contributed by atoms with Gasteiger partial charge in [-0.05, 0) is 77.2 Å². The standard InChI is InChI=1S/C40H36N4O.Pt/c1-6-30-11-9-10-28(5)40(30)31-24-42-43(25-31)32-19-27(4)20-34(22-32)45-33-14-15-36-35-12-7-8-13-37(35)44(38(36)23-33)39-21-29(16-17-41-39)18-26(2)3;/h7-17,19-21,24-26H,6,18H2,1-5H3;/q-2;+2. The van der Waals surface area contributed by atoms with E-state index in [1.807, 2.05) is 29.2 Å². The van der Waals surface area contributed by atoms with Gasteiger partial charge in [0.1, 0.15) is 5.82 Å². The summed E-state index contributed by atoms with van der Waals surface area (Å²) in [5.41, 5.74) is 10.1. The molecule has 4 aromatic carbocycles. The summed E-state index contributed by atoms with van der Waals surface area (Å²) in [6.45, 7) is 10.9. The molecule has 0 aliphatic rings. The van der Waals surface area contributed by atoms with Crippen LogP contribution in [-0.2, 0) is 33.9 Å². The molecule has 46 heavy (non-hydrogen) atoms. The van der Waals surface area contributed by atoms with Gasteiger partial charge in [0.15, 0.2) is 0 Å². The first-order chi connectivity index (χ1) is 21.9. The molecule has 0 saturated carbocycles. The molecule has 0 aliphatic heterocycles. The number of aromatic nitrogens is 4. The minimum Gasteiger partial charge on any atom is -0.509 e. The number of pyridine rings is 1. The predicted molar refractivity (Wildman–Crippen MR) is 183 cm³/mol. The van der Waals surface area contributed by atoms with Gasteiger partial charge in [0.05, 0.1) is 6.20 Å². The van der Waals surface area contributed by atoms with Gasteiger partial charge in [-0.15, -0.1) is 35.7 Å². The SMILES string of the molecule is CCc1cccc(C)c1-c1cnn(-c2[c-]c(Oc3[c-]c4c(cc3)c3ccccc3n4-c3cc(CC(C)C)ccn3)cc(C)c2)c1.[Pt+2]. The summed E-state index contributed by atoms with van der Waals surface area (Å²) < 4.78 is 10.5. The zero-order valence-corrected chi connectivity index (χ0v) is 29.0. The van der Waals surface area contributed by atoms with Crippen LogP contribution in [0.1, 0.15) is 43.0 Å². The van der Waals surface area contributed by atoms with Crippen LogP contribution >= 0.6 is 0 Å². The number of nitrogens with zero attached hydrogens (tertiary/aromatic N) is 4. The van der Waals surface area contributed by atoms with Gasteiger partial charge in [-0.2, -0.15) is 16.7 Å². The molecule has 0 saturated heterocycles. The molecular weight excluding hydrogens is 748 g/mol. The first-order valence-corrected chi connectivity index (χ1v) is 15.6. The van der Waals surface area contributed by atoms with Crippen molar-refractivity contribution in [1.29, 1.82) is 0 Å².